The second kappa shape index (κ2) is 12.3. The summed E-state index contributed by atoms with van der Waals surface area (Å²) in [4.78, 5) is 12.7. The Labute approximate surface area is 239 Å². The van der Waals surface area contributed by atoms with Gasteiger partial charge in [0.05, 0.1) is 32.9 Å². The third-order valence-electron chi connectivity index (χ3n) is 12.6. The number of carbonyl (C=O) groups is 1. The van der Waals surface area contributed by atoms with Crippen molar-refractivity contribution in [2.24, 2.45) is 46.3 Å². The molecule has 7 heteroatoms. The van der Waals surface area contributed by atoms with Gasteiger partial charge in [0, 0.05) is 25.8 Å². The van der Waals surface area contributed by atoms with Gasteiger partial charge in [0.1, 0.15) is 0 Å². The van der Waals surface area contributed by atoms with E-state index in [0.29, 0.717) is 47.2 Å². The highest BCUT2D eigenvalue weighted by atomic mass is 32.2. The minimum atomic E-state index is -3.89. The Kier molecular flexibility index (Phi) is 9.86. The number of nitrogens with one attached hydrogen (secondary N) is 1. The average molecular weight is 568 g/mol. The second-order valence-corrected chi connectivity index (χ2v) is 16.9. The molecule has 2 N–H and O–H groups in total. The lowest BCUT2D eigenvalue weighted by molar-refractivity contribution is -0.890. The van der Waals surface area contributed by atoms with Crippen molar-refractivity contribution in [3.63, 3.8) is 0 Å². The topological polar surface area (TPSA) is 83.5 Å². The standard InChI is InChI=1S/C32H58N2O4S/c1-24(11-16-30(35)33-20-8-21-34(4,5)22-9-23-39(36,37)38)27-14-15-28-26-13-12-25-10-6-7-18-31(25,2)29(26)17-19-32(27,28)3/h24-29H,6-23H2,1-5H3,(H-,33,35,36,37,38)/p+1/t24-,25+,26+,27-,28+,29+,31+,32-/m1/s1. The van der Waals surface area contributed by atoms with Crippen LogP contribution in [0.4, 0.5) is 0 Å². The van der Waals surface area contributed by atoms with E-state index in [0.717, 1.165) is 49.0 Å². The first-order valence-corrected chi connectivity index (χ1v) is 17.9. The van der Waals surface area contributed by atoms with Crippen molar-refractivity contribution in [3.8, 4) is 0 Å². The molecule has 0 unspecified atom stereocenters. The van der Waals surface area contributed by atoms with Crippen molar-refractivity contribution in [1.29, 1.82) is 0 Å². The summed E-state index contributed by atoms with van der Waals surface area (Å²) in [6, 6.07) is 0. The van der Waals surface area contributed by atoms with Crippen molar-refractivity contribution in [2.75, 3.05) is 39.5 Å². The highest BCUT2D eigenvalue weighted by Gasteiger charge is 2.60. The lowest BCUT2D eigenvalue weighted by atomic mass is 9.44. The average Bonchev–Trinajstić information content (AvgIpc) is 3.21. The van der Waals surface area contributed by atoms with E-state index in [2.05, 4.69) is 40.2 Å². The third-order valence-corrected chi connectivity index (χ3v) is 13.4. The van der Waals surface area contributed by atoms with Gasteiger partial charge in [-0.15, -0.1) is 0 Å². The van der Waals surface area contributed by atoms with Gasteiger partial charge in [-0.1, -0.05) is 33.6 Å². The zero-order chi connectivity index (χ0) is 28.5. The molecule has 0 heterocycles. The van der Waals surface area contributed by atoms with Gasteiger partial charge in [-0.3, -0.25) is 9.35 Å². The van der Waals surface area contributed by atoms with Gasteiger partial charge in [-0.05, 0) is 104 Å². The number of hydrogen-bond acceptors (Lipinski definition) is 3. The van der Waals surface area contributed by atoms with Gasteiger partial charge in [0.15, 0.2) is 0 Å². The van der Waals surface area contributed by atoms with Crippen LogP contribution in [0.25, 0.3) is 0 Å². The van der Waals surface area contributed by atoms with Crippen molar-refractivity contribution in [3.05, 3.63) is 0 Å². The molecule has 4 aliphatic carbocycles. The Hall–Kier alpha value is -0.660. The minimum absolute atomic E-state index is 0.172. The molecule has 0 aliphatic heterocycles. The number of quaternary nitrogens is 1. The first-order valence-electron chi connectivity index (χ1n) is 16.3. The molecule has 0 spiro atoms. The summed E-state index contributed by atoms with van der Waals surface area (Å²) in [5.74, 6) is 5.13. The normalized spacial score (nSPS) is 37.4. The number of nitrogens with zero attached hydrogens (tertiary/aromatic N) is 1. The molecule has 0 saturated heterocycles. The summed E-state index contributed by atoms with van der Waals surface area (Å²) < 4.78 is 31.5. The number of rotatable bonds is 12. The first kappa shape index (κ1) is 31.3. The van der Waals surface area contributed by atoms with E-state index in [9.17, 15) is 13.2 Å². The van der Waals surface area contributed by atoms with Crippen LogP contribution in [0, 0.1) is 46.3 Å². The van der Waals surface area contributed by atoms with E-state index >= 15 is 0 Å². The molecule has 0 bridgehead atoms. The summed E-state index contributed by atoms with van der Waals surface area (Å²) in [5, 5.41) is 3.13. The number of fused-ring (bicyclic) bond motifs is 5. The monoisotopic (exact) mass is 567 g/mol. The van der Waals surface area contributed by atoms with Gasteiger partial charge in [0.25, 0.3) is 10.1 Å². The highest BCUT2D eigenvalue weighted by molar-refractivity contribution is 7.85. The Morgan fingerprint density at radius 1 is 0.949 bits per heavy atom. The second-order valence-electron chi connectivity index (χ2n) is 15.4. The predicted molar refractivity (Wildman–Crippen MR) is 159 cm³/mol. The summed E-state index contributed by atoms with van der Waals surface area (Å²) in [5.41, 5.74) is 1.08. The number of amides is 1. The fraction of sp³-hybridized carbons (Fsp3) is 0.969. The van der Waals surface area contributed by atoms with Crippen LogP contribution in [-0.4, -0.2) is 62.8 Å². The van der Waals surface area contributed by atoms with Crippen molar-refractivity contribution < 1.29 is 22.2 Å². The lowest BCUT2D eigenvalue weighted by Crippen LogP contribution is -2.53. The van der Waals surface area contributed by atoms with E-state index in [4.69, 9.17) is 4.55 Å². The van der Waals surface area contributed by atoms with Gasteiger partial charge < -0.3 is 9.80 Å². The molecule has 4 aliphatic rings. The molecule has 4 rings (SSSR count). The van der Waals surface area contributed by atoms with E-state index in [1.165, 1.54) is 64.2 Å². The molecule has 4 saturated carbocycles. The smallest absolute Gasteiger partial charge is 0.265 e. The zero-order valence-corrected chi connectivity index (χ0v) is 26.5. The molecule has 0 aromatic carbocycles. The van der Waals surface area contributed by atoms with E-state index in [-0.39, 0.29) is 11.7 Å². The van der Waals surface area contributed by atoms with E-state index in [1.807, 2.05) is 0 Å². The molecule has 0 aromatic heterocycles. The molecule has 4 fully saturated rings. The number of carbonyl (C=O) groups excluding carboxylic acids is 1. The minimum Gasteiger partial charge on any atom is -0.356 e. The van der Waals surface area contributed by atoms with Crippen LogP contribution in [0.2, 0.25) is 0 Å². The summed E-state index contributed by atoms with van der Waals surface area (Å²) in [6.45, 7) is 9.95. The molecule has 1 amide bonds. The quantitative estimate of drug-likeness (QED) is 0.164. The van der Waals surface area contributed by atoms with Crippen LogP contribution in [0.15, 0.2) is 0 Å². The lowest BCUT2D eigenvalue weighted by Gasteiger charge is -2.61. The molecular formula is C32H59N2O4S+. The van der Waals surface area contributed by atoms with Crippen LogP contribution in [0.1, 0.15) is 111 Å². The van der Waals surface area contributed by atoms with Crippen LogP contribution in [0.5, 0.6) is 0 Å². The first-order chi connectivity index (χ1) is 18.3. The molecule has 0 radical (unpaired) electrons. The van der Waals surface area contributed by atoms with Crippen molar-refractivity contribution >= 4 is 16.0 Å². The maximum absolute atomic E-state index is 12.7. The molecule has 8 atom stereocenters. The fourth-order valence-corrected chi connectivity index (χ4v) is 10.9. The largest absolute Gasteiger partial charge is 0.356 e. The van der Waals surface area contributed by atoms with Crippen LogP contribution in [0.3, 0.4) is 0 Å². The van der Waals surface area contributed by atoms with E-state index in [1.54, 1.807) is 0 Å². The van der Waals surface area contributed by atoms with Crippen molar-refractivity contribution in [1.82, 2.24) is 5.32 Å². The van der Waals surface area contributed by atoms with Gasteiger partial charge in [-0.25, -0.2) is 0 Å². The predicted octanol–water partition coefficient (Wildman–Crippen LogP) is 6.31. The zero-order valence-electron chi connectivity index (χ0n) is 25.7. The third kappa shape index (κ3) is 7.23. The summed E-state index contributed by atoms with van der Waals surface area (Å²) in [7, 11) is 0.241. The molecular weight excluding hydrogens is 508 g/mol. The Morgan fingerprint density at radius 2 is 1.67 bits per heavy atom. The molecule has 6 nitrogen and oxygen atoms in total. The maximum atomic E-state index is 12.7. The van der Waals surface area contributed by atoms with Crippen LogP contribution < -0.4 is 5.32 Å². The van der Waals surface area contributed by atoms with Gasteiger partial charge >= 0.3 is 0 Å². The summed E-state index contributed by atoms with van der Waals surface area (Å²) in [6.07, 6.45) is 17.4. The Balaban J connectivity index is 1.20. The van der Waals surface area contributed by atoms with Crippen molar-refractivity contribution in [2.45, 2.75) is 111 Å². The van der Waals surface area contributed by atoms with Crippen LogP contribution in [-0.2, 0) is 14.9 Å². The van der Waals surface area contributed by atoms with Gasteiger partial charge in [0.2, 0.25) is 5.91 Å². The molecule has 226 valence electrons. The van der Waals surface area contributed by atoms with E-state index < -0.39 is 10.1 Å². The van der Waals surface area contributed by atoms with Crippen LogP contribution >= 0.6 is 0 Å². The summed E-state index contributed by atoms with van der Waals surface area (Å²) >= 11 is 0. The highest BCUT2D eigenvalue weighted by Crippen LogP contribution is 2.68. The fourth-order valence-electron chi connectivity index (χ4n) is 10.4. The number of hydrogen-bond donors (Lipinski definition) is 2. The van der Waals surface area contributed by atoms with Gasteiger partial charge in [-0.2, -0.15) is 8.42 Å². The molecule has 0 aromatic rings. The SMILES string of the molecule is C[C@H](CCC(=O)NCCC[N+](C)(C)CCCS(=O)(=O)O)[C@H]1CC[C@H]2[C@@H]3CC[C@@H]4CCCC[C@]4(C)[C@H]3CC[C@]12C. The molecule has 39 heavy (non-hydrogen) atoms. The maximum Gasteiger partial charge on any atom is 0.265 e. The Bertz CT molecular complexity index is 952. The Morgan fingerprint density at radius 3 is 2.41 bits per heavy atom.